The smallest absolute Gasteiger partial charge is 0.224 e. The molecular weight excluding hydrogens is 354 g/mol. The van der Waals surface area contributed by atoms with E-state index in [-0.39, 0.29) is 17.7 Å². The second-order valence-electron chi connectivity index (χ2n) is 6.93. The van der Waals surface area contributed by atoms with Gasteiger partial charge in [0.1, 0.15) is 24.3 Å². The molecule has 3 heterocycles. The van der Waals surface area contributed by atoms with Crippen molar-refractivity contribution in [2.24, 2.45) is 5.73 Å². The highest BCUT2D eigenvalue weighted by Crippen LogP contribution is 2.45. The molecule has 28 heavy (non-hydrogen) atoms. The number of ether oxygens (including phenoxy) is 1. The lowest BCUT2D eigenvalue weighted by molar-refractivity contribution is 0.350. The molecule has 0 aliphatic carbocycles. The molecule has 0 fully saturated rings. The summed E-state index contributed by atoms with van der Waals surface area (Å²) < 4.78 is 9.33. The van der Waals surface area contributed by atoms with Gasteiger partial charge in [-0.25, -0.2) is 14.3 Å². The summed E-state index contributed by atoms with van der Waals surface area (Å²) >= 11 is 0. The maximum absolute atomic E-state index is 9.80. The normalized spacial score (nSPS) is 16.0. The molecule has 3 aromatic rings. The quantitative estimate of drug-likeness (QED) is 0.751. The average Bonchev–Trinajstić information content (AvgIpc) is 3.35. The number of fused-ring (bicyclic) bond motifs is 1. The summed E-state index contributed by atoms with van der Waals surface area (Å²) in [5, 5.41) is 18.7. The van der Waals surface area contributed by atoms with Gasteiger partial charge in [-0.2, -0.15) is 15.5 Å². The summed E-state index contributed by atoms with van der Waals surface area (Å²) in [6.45, 7) is 6.83. The summed E-state index contributed by atoms with van der Waals surface area (Å²) in [4.78, 5) is 3.98. The highest BCUT2D eigenvalue weighted by molar-refractivity contribution is 5.56. The van der Waals surface area contributed by atoms with Gasteiger partial charge in [-0.1, -0.05) is 26.0 Å². The molecular formula is C20H21N7O. The van der Waals surface area contributed by atoms with Gasteiger partial charge in [-0.3, -0.25) is 0 Å². The monoisotopic (exact) mass is 375 g/mol. The maximum atomic E-state index is 9.80. The van der Waals surface area contributed by atoms with Crippen LogP contribution in [0.5, 0.6) is 5.88 Å². The summed E-state index contributed by atoms with van der Waals surface area (Å²) in [6, 6.07) is 10.1. The van der Waals surface area contributed by atoms with E-state index in [1.165, 1.54) is 6.33 Å². The van der Waals surface area contributed by atoms with E-state index < -0.39 is 0 Å². The van der Waals surface area contributed by atoms with Gasteiger partial charge in [-0.05, 0) is 30.5 Å². The first kappa shape index (κ1) is 17.8. The van der Waals surface area contributed by atoms with Crippen molar-refractivity contribution < 1.29 is 4.74 Å². The van der Waals surface area contributed by atoms with E-state index in [0.29, 0.717) is 18.0 Å². The zero-order chi connectivity index (χ0) is 19.8. The van der Waals surface area contributed by atoms with E-state index in [9.17, 15) is 5.26 Å². The number of hydrogen-bond donors (Lipinski definition) is 1. The summed E-state index contributed by atoms with van der Waals surface area (Å²) in [5.74, 6) is 0.607. The SMILES string of the molecule is CCn1nc(C(C)C)c2c1OC(N)=C(C#N)C2c1ccc(-n2cncn2)cc1. The Morgan fingerprint density at radius 2 is 2.04 bits per heavy atom. The molecule has 0 saturated heterocycles. The third kappa shape index (κ3) is 2.72. The standard InChI is InChI=1S/C20H21N7O/c1-4-26-20-17(18(25-26)12(2)3)16(15(9-21)19(22)28-20)13-5-7-14(8-6-13)27-11-23-10-24-27/h5-8,10-12,16H,4,22H2,1-3H3. The van der Waals surface area contributed by atoms with Crippen LogP contribution in [0.1, 0.15) is 49.4 Å². The number of nitrogens with zero attached hydrogens (tertiary/aromatic N) is 6. The fourth-order valence-corrected chi connectivity index (χ4v) is 3.56. The Labute approximate surface area is 162 Å². The molecule has 1 atom stereocenters. The van der Waals surface area contributed by atoms with Crippen molar-refractivity contribution in [3.05, 3.63) is 65.2 Å². The highest BCUT2D eigenvalue weighted by Gasteiger charge is 2.37. The van der Waals surface area contributed by atoms with Crippen LogP contribution in [-0.4, -0.2) is 24.5 Å². The van der Waals surface area contributed by atoms with Crippen molar-refractivity contribution in [3.63, 3.8) is 0 Å². The minimum absolute atomic E-state index is 0.130. The fourth-order valence-electron chi connectivity index (χ4n) is 3.56. The van der Waals surface area contributed by atoms with E-state index in [1.807, 2.05) is 35.9 Å². The Morgan fingerprint density at radius 1 is 1.29 bits per heavy atom. The molecule has 1 aromatic carbocycles. The van der Waals surface area contributed by atoms with Crippen molar-refractivity contribution in [2.45, 2.75) is 39.2 Å². The first-order valence-electron chi connectivity index (χ1n) is 9.18. The predicted octanol–water partition coefficient (Wildman–Crippen LogP) is 2.83. The van der Waals surface area contributed by atoms with E-state index in [2.05, 4.69) is 30.0 Å². The Hall–Kier alpha value is -3.60. The van der Waals surface area contributed by atoms with Crippen LogP contribution in [-0.2, 0) is 6.54 Å². The Kier molecular flexibility index (Phi) is 4.35. The lowest BCUT2D eigenvalue weighted by Gasteiger charge is -2.25. The summed E-state index contributed by atoms with van der Waals surface area (Å²) in [7, 11) is 0. The Balaban J connectivity index is 1.88. The first-order chi connectivity index (χ1) is 13.5. The van der Waals surface area contributed by atoms with E-state index >= 15 is 0 Å². The van der Waals surface area contributed by atoms with Crippen molar-refractivity contribution in [3.8, 4) is 17.6 Å². The molecule has 8 nitrogen and oxygen atoms in total. The Bertz CT molecular complexity index is 1070. The third-order valence-corrected chi connectivity index (χ3v) is 4.90. The third-order valence-electron chi connectivity index (χ3n) is 4.90. The zero-order valence-electron chi connectivity index (χ0n) is 16.0. The van der Waals surface area contributed by atoms with Crippen LogP contribution in [0.2, 0.25) is 0 Å². The predicted molar refractivity (Wildman–Crippen MR) is 103 cm³/mol. The highest BCUT2D eigenvalue weighted by atomic mass is 16.5. The van der Waals surface area contributed by atoms with Gasteiger partial charge in [-0.15, -0.1) is 0 Å². The molecule has 1 unspecified atom stereocenters. The van der Waals surface area contributed by atoms with Gasteiger partial charge in [0, 0.05) is 6.54 Å². The Morgan fingerprint density at radius 3 is 2.61 bits per heavy atom. The average molecular weight is 375 g/mol. The zero-order valence-corrected chi connectivity index (χ0v) is 16.0. The van der Waals surface area contributed by atoms with Crippen molar-refractivity contribution in [1.29, 1.82) is 5.26 Å². The lowest BCUT2D eigenvalue weighted by atomic mass is 9.82. The number of allylic oxidation sites excluding steroid dienone is 1. The van der Waals surface area contributed by atoms with Crippen LogP contribution < -0.4 is 10.5 Å². The first-order valence-corrected chi connectivity index (χ1v) is 9.18. The fraction of sp³-hybridized carbons (Fsp3) is 0.300. The van der Waals surface area contributed by atoms with E-state index in [4.69, 9.17) is 15.6 Å². The second kappa shape index (κ2) is 6.85. The number of hydrogen-bond acceptors (Lipinski definition) is 6. The van der Waals surface area contributed by atoms with Gasteiger partial charge >= 0.3 is 0 Å². The van der Waals surface area contributed by atoms with Crippen LogP contribution >= 0.6 is 0 Å². The molecule has 0 radical (unpaired) electrons. The van der Waals surface area contributed by atoms with Gasteiger partial charge < -0.3 is 10.5 Å². The molecule has 142 valence electrons. The minimum atomic E-state index is -0.323. The molecule has 0 spiro atoms. The van der Waals surface area contributed by atoms with Gasteiger partial charge in [0.15, 0.2) is 0 Å². The van der Waals surface area contributed by atoms with Crippen LogP contribution in [0, 0.1) is 11.3 Å². The molecule has 0 bridgehead atoms. The molecule has 4 rings (SSSR count). The number of rotatable bonds is 4. The molecule has 1 aliphatic heterocycles. The van der Waals surface area contributed by atoms with Gasteiger partial charge in [0.25, 0.3) is 0 Å². The van der Waals surface area contributed by atoms with E-state index in [0.717, 1.165) is 22.5 Å². The number of aryl methyl sites for hydroxylation is 1. The van der Waals surface area contributed by atoms with Crippen LogP contribution in [0.15, 0.2) is 48.4 Å². The second-order valence-corrected chi connectivity index (χ2v) is 6.93. The number of aromatic nitrogens is 5. The summed E-state index contributed by atoms with van der Waals surface area (Å²) in [5.41, 5.74) is 10.2. The molecule has 2 aromatic heterocycles. The molecule has 0 saturated carbocycles. The van der Waals surface area contributed by atoms with Crippen LogP contribution in [0.25, 0.3) is 5.69 Å². The minimum Gasteiger partial charge on any atom is -0.422 e. The number of benzene rings is 1. The molecule has 0 amide bonds. The van der Waals surface area contributed by atoms with Crippen LogP contribution in [0.4, 0.5) is 0 Å². The summed E-state index contributed by atoms with van der Waals surface area (Å²) in [6.07, 6.45) is 3.13. The molecule has 2 N–H and O–H groups in total. The molecule has 8 heteroatoms. The topological polar surface area (TPSA) is 108 Å². The van der Waals surface area contributed by atoms with Gasteiger partial charge in [0.2, 0.25) is 11.8 Å². The van der Waals surface area contributed by atoms with E-state index in [1.54, 1.807) is 11.0 Å². The van der Waals surface area contributed by atoms with Crippen LogP contribution in [0.3, 0.4) is 0 Å². The van der Waals surface area contributed by atoms with Crippen molar-refractivity contribution >= 4 is 0 Å². The maximum Gasteiger partial charge on any atom is 0.224 e. The number of nitrogens with two attached hydrogens (primary N) is 1. The van der Waals surface area contributed by atoms with Gasteiger partial charge in [0.05, 0.1) is 22.9 Å². The lowest BCUT2D eigenvalue weighted by Crippen LogP contribution is -2.22. The molecule has 1 aliphatic rings. The number of nitriles is 1. The van der Waals surface area contributed by atoms with Crippen molar-refractivity contribution in [1.82, 2.24) is 24.5 Å². The van der Waals surface area contributed by atoms with Crippen molar-refractivity contribution in [2.75, 3.05) is 0 Å². The largest absolute Gasteiger partial charge is 0.422 e.